The summed E-state index contributed by atoms with van der Waals surface area (Å²) in [5.41, 5.74) is 1.73. The molecule has 0 unspecified atom stereocenters. The molecule has 94 valence electrons. The molecule has 1 aromatic carbocycles. The van der Waals surface area contributed by atoms with Crippen LogP contribution in [0.2, 0.25) is 0 Å². The topological polar surface area (TPSA) is 42.0 Å². The fourth-order valence-corrected chi connectivity index (χ4v) is 2.82. The molecule has 3 nitrogen and oxygen atoms in total. The van der Waals surface area contributed by atoms with Gasteiger partial charge in [0, 0.05) is 9.85 Å². The van der Waals surface area contributed by atoms with Crippen molar-refractivity contribution in [1.29, 1.82) is 0 Å². The fourth-order valence-electron chi connectivity index (χ4n) is 1.42. The van der Waals surface area contributed by atoms with Gasteiger partial charge in [-0.15, -0.1) is 22.9 Å². The van der Waals surface area contributed by atoms with Crippen LogP contribution in [0.3, 0.4) is 0 Å². The highest BCUT2D eigenvalue weighted by Gasteiger charge is 2.07. The molecule has 0 aliphatic heterocycles. The number of rotatable bonds is 4. The second kappa shape index (κ2) is 6.31. The lowest BCUT2D eigenvalue weighted by Crippen LogP contribution is -2.14. The van der Waals surface area contributed by atoms with Crippen LogP contribution in [0.1, 0.15) is 11.3 Å². The summed E-state index contributed by atoms with van der Waals surface area (Å²) in [6, 6.07) is 7.67. The van der Waals surface area contributed by atoms with Gasteiger partial charge in [-0.3, -0.25) is 4.79 Å². The molecule has 0 bridgehead atoms. The van der Waals surface area contributed by atoms with Crippen LogP contribution in [0, 0.1) is 0 Å². The third-order valence-corrected chi connectivity index (χ3v) is 3.76. The Hall–Kier alpha value is -0.910. The van der Waals surface area contributed by atoms with Gasteiger partial charge in [0.25, 0.3) is 0 Å². The van der Waals surface area contributed by atoms with E-state index in [1.54, 1.807) is 0 Å². The van der Waals surface area contributed by atoms with Gasteiger partial charge in [-0.2, -0.15) is 0 Å². The molecule has 1 N–H and O–H groups in total. The minimum Gasteiger partial charge on any atom is -0.302 e. The maximum atomic E-state index is 11.8. The van der Waals surface area contributed by atoms with Gasteiger partial charge in [0.15, 0.2) is 5.13 Å². The molecule has 6 heteroatoms. The number of amides is 1. The summed E-state index contributed by atoms with van der Waals surface area (Å²) in [6.45, 7) is 0. The summed E-state index contributed by atoms with van der Waals surface area (Å²) in [4.78, 5) is 16.0. The van der Waals surface area contributed by atoms with Crippen LogP contribution in [0.5, 0.6) is 0 Å². The molecule has 0 atom stereocenters. The summed E-state index contributed by atoms with van der Waals surface area (Å²) in [6.07, 6.45) is 0.329. The molecule has 0 aliphatic rings. The number of carbonyl (C=O) groups excluding carboxylic acids is 1. The predicted molar refractivity (Wildman–Crippen MR) is 78.1 cm³/mol. The van der Waals surface area contributed by atoms with Gasteiger partial charge >= 0.3 is 0 Å². The van der Waals surface area contributed by atoms with Gasteiger partial charge in [-0.05, 0) is 17.7 Å². The average Bonchev–Trinajstić information content (AvgIpc) is 2.76. The quantitative estimate of drug-likeness (QED) is 0.856. The molecule has 1 heterocycles. The molecule has 0 saturated heterocycles. The van der Waals surface area contributed by atoms with Crippen LogP contribution >= 0.6 is 38.9 Å². The standard InChI is InChI=1S/C12H10BrClN2OS/c13-9-3-1-2-8(4-9)5-11(17)16-12-15-10(6-14)7-18-12/h1-4,7H,5-6H2,(H,15,16,17). The fraction of sp³-hybridized carbons (Fsp3) is 0.167. The Bertz CT molecular complexity index is 559. The van der Waals surface area contributed by atoms with Gasteiger partial charge in [0.2, 0.25) is 5.91 Å². The molecule has 0 fully saturated rings. The van der Waals surface area contributed by atoms with E-state index in [2.05, 4.69) is 26.2 Å². The number of aromatic nitrogens is 1. The summed E-state index contributed by atoms with van der Waals surface area (Å²) < 4.78 is 0.964. The summed E-state index contributed by atoms with van der Waals surface area (Å²) >= 11 is 10.4. The van der Waals surface area contributed by atoms with E-state index in [1.807, 2.05) is 29.6 Å². The minimum absolute atomic E-state index is 0.0800. The first-order chi connectivity index (χ1) is 8.67. The summed E-state index contributed by atoms with van der Waals surface area (Å²) in [7, 11) is 0. The molecule has 1 aromatic heterocycles. The first-order valence-electron chi connectivity index (χ1n) is 5.22. The first kappa shape index (κ1) is 13.5. The van der Waals surface area contributed by atoms with E-state index in [0.717, 1.165) is 15.7 Å². The number of hydrogen-bond donors (Lipinski definition) is 1. The van der Waals surface area contributed by atoms with Gasteiger partial charge in [0.1, 0.15) is 0 Å². The van der Waals surface area contributed by atoms with E-state index in [9.17, 15) is 4.79 Å². The zero-order chi connectivity index (χ0) is 13.0. The molecule has 2 rings (SSSR count). The lowest BCUT2D eigenvalue weighted by atomic mass is 10.1. The van der Waals surface area contributed by atoms with E-state index in [1.165, 1.54) is 11.3 Å². The maximum absolute atomic E-state index is 11.8. The zero-order valence-corrected chi connectivity index (χ0v) is 12.5. The second-order valence-electron chi connectivity index (χ2n) is 3.63. The monoisotopic (exact) mass is 344 g/mol. The number of alkyl halides is 1. The van der Waals surface area contributed by atoms with Crippen molar-refractivity contribution in [1.82, 2.24) is 4.98 Å². The number of nitrogens with one attached hydrogen (secondary N) is 1. The second-order valence-corrected chi connectivity index (χ2v) is 5.67. The van der Waals surface area contributed by atoms with Crippen molar-refractivity contribution in [3.8, 4) is 0 Å². The summed E-state index contributed by atoms with van der Waals surface area (Å²) in [5, 5.41) is 5.18. The highest BCUT2D eigenvalue weighted by atomic mass is 79.9. The molecule has 0 spiro atoms. The lowest BCUT2D eigenvalue weighted by molar-refractivity contribution is -0.115. The van der Waals surface area contributed by atoms with Crippen LogP contribution in [-0.4, -0.2) is 10.9 Å². The van der Waals surface area contributed by atoms with Crippen molar-refractivity contribution in [3.63, 3.8) is 0 Å². The van der Waals surface area contributed by atoms with Crippen LogP contribution in [0.4, 0.5) is 5.13 Å². The average molecular weight is 346 g/mol. The van der Waals surface area contributed by atoms with E-state index in [4.69, 9.17) is 11.6 Å². The Morgan fingerprint density at radius 1 is 1.50 bits per heavy atom. The number of nitrogens with zero attached hydrogens (tertiary/aromatic N) is 1. The highest BCUT2D eigenvalue weighted by molar-refractivity contribution is 9.10. The number of hydrogen-bond acceptors (Lipinski definition) is 3. The summed E-state index contributed by atoms with van der Waals surface area (Å²) in [5.74, 6) is 0.279. The van der Waals surface area contributed by atoms with Crippen LogP contribution in [0.15, 0.2) is 34.1 Å². The highest BCUT2D eigenvalue weighted by Crippen LogP contribution is 2.17. The SMILES string of the molecule is O=C(Cc1cccc(Br)c1)Nc1nc(CCl)cs1. The van der Waals surface area contributed by atoms with Crippen molar-refractivity contribution < 1.29 is 4.79 Å². The molecule has 0 saturated carbocycles. The smallest absolute Gasteiger partial charge is 0.230 e. The Kier molecular flexibility index (Phi) is 4.74. The Balaban J connectivity index is 1.96. The third kappa shape index (κ3) is 3.80. The molecular weight excluding hydrogens is 336 g/mol. The normalized spacial score (nSPS) is 10.3. The van der Waals surface area contributed by atoms with E-state index in [-0.39, 0.29) is 5.91 Å². The van der Waals surface area contributed by atoms with Crippen molar-refractivity contribution in [2.45, 2.75) is 12.3 Å². The van der Waals surface area contributed by atoms with Gasteiger partial charge in [-0.25, -0.2) is 4.98 Å². The lowest BCUT2D eigenvalue weighted by Gasteiger charge is -2.02. The van der Waals surface area contributed by atoms with Crippen molar-refractivity contribution in [2.75, 3.05) is 5.32 Å². The number of halogens is 2. The van der Waals surface area contributed by atoms with Crippen molar-refractivity contribution in [3.05, 3.63) is 45.4 Å². The molecule has 1 amide bonds. The number of benzene rings is 1. The van der Waals surface area contributed by atoms with Gasteiger partial charge in [-0.1, -0.05) is 28.1 Å². The van der Waals surface area contributed by atoms with E-state index >= 15 is 0 Å². The van der Waals surface area contributed by atoms with Crippen LogP contribution < -0.4 is 5.32 Å². The molecule has 18 heavy (non-hydrogen) atoms. The molecular formula is C12H10BrClN2OS. The largest absolute Gasteiger partial charge is 0.302 e. The number of carbonyl (C=O) groups is 1. The Morgan fingerprint density at radius 2 is 2.33 bits per heavy atom. The van der Waals surface area contributed by atoms with E-state index in [0.29, 0.717) is 17.4 Å². The number of thiazole rings is 1. The first-order valence-corrected chi connectivity index (χ1v) is 7.43. The predicted octanol–water partition coefficient (Wildman–Crippen LogP) is 3.83. The van der Waals surface area contributed by atoms with Crippen LogP contribution in [0.25, 0.3) is 0 Å². The van der Waals surface area contributed by atoms with E-state index < -0.39 is 0 Å². The Labute approximate surface area is 122 Å². The number of anilines is 1. The van der Waals surface area contributed by atoms with Crippen molar-refractivity contribution in [2.24, 2.45) is 0 Å². The Morgan fingerprint density at radius 3 is 3.00 bits per heavy atom. The molecule has 0 radical (unpaired) electrons. The molecule has 2 aromatic rings. The van der Waals surface area contributed by atoms with Gasteiger partial charge in [0.05, 0.1) is 18.0 Å². The zero-order valence-electron chi connectivity index (χ0n) is 9.32. The van der Waals surface area contributed by atoms with Crippen LogP contribution in [-0.2, 0) is 17.1 Å². The molecule has 0 aliphatic carbocycles. The third-order valence-electron chi connectivity index (χ3n) is 2.19. The van der Waals surface area contributed by atoms with Crippen molar-refractivity contribution >= 4 is 49.9 Å². The minimum atomic E-state index is -0.0800. The maximum Gasteiger partial charge on any atom is 0.230 e. The van der Waals surface area contributed by atoms with Gasteiger partial charge < -0.3 is 5.32 Å².